The van der Waals surface area contributed by atoms with Gasteiger partial charge in [-0.05, 0) is 71.7 Å². The van der Waals surface area contributed by atoms with E-state index < -0.39 is 0 Å². The predicted molar refractivity (Wildman–Crippen MR) is 171 cm³/mol. The maximum absolute atomic E-state index is 4.22. The Labute approximate surface area is 264 Å². The summed E-state index contributed by atoms with van der Waals surface area (Å²) in [5, 5.41) is 0. The molecule has 7 rings (SSSR count). The molecular formula is C37H35IrN4. The van der Waals surface area contributed by atoms with Crippen molar-refractivity contribution in [1.29, 1.82) is 0 Å². The molecule has 0 bridgehead atoms. The number of nitrogens with zero attached hydrogens (tertiary/aromatic N) is 4. The summed E-state index contributed by atoms with van der Waals surface area (Å²) >= 11 is 0. The molecule has 4 aromatic carbocycles. The molecule has 0 fully saturated rings. The monoisotopic (exact) mass is 728 g/mol. The fourth-order valence-electron chi connectivity index (χ4n) is 5.39. The first-order valence-electron chi connectivity index (χ1n) is 14.3. The van der Waals surface area contributed by atoms with Crippen molar-refractivity contribution in [3.63, 3.8) is 0 Å². The molecule has 0 aliphatic carbocycles. The van der Waals surface area contributed by atoms with Gasteiger partial charge in [-0.3, -0.25) is 0 Å². The van der Waals surface area contributed by atoms with Gasteiger partial charge in [0.2, 0.25) is 0 Å². The molecule has 0 atom stereocenters. The first-order valence-corrected chi connectivity index (χ1v) is 14.3. The Kier molecular flexibility index (Phi) is 8.82. The SMILES string of the molecule is CC(C)c1cc(C(C)C)cc(N2[CH-]N3c4[c-]cccc4N(C)c4cccc2c43)c1.[Ir+3].[c-]1ccccc1-c1ccccn1. The normalized spacial score (nSPS) is 12.9. The molecule has 0 saturated heterocycles. The minimum atomic E-state index is 0. The molecular weight excluding hydrogens is 693 g/mol. The zero-order chi connectivity index (χ0) is 28.5. The van der Waals surface area contributed by atoms with E-state index in [1.54, 1.807) is 6.20 Å². The van der Waals surface area contributed by atoms with Gasteiger partial charge in [0.25, 0.3) is 0 Å². The summed E-state index contributed by atoms with van der Waals surface area (Å²) in [4.78, 5) is 11.1. The van der Waals surface area contributed by atoms with Gasteiger partial charge in [0, 0.05) is 17.6 Å². The van der Waals surface area contributed by atoms with Crippen LogP contribution in [0.4, 0.5) is 34.1 Å². The Morgan fingerprint density at radius 1 is 0.690 bits per heavy atom. The average molecular weight is 728 g/mol. The Hall–Kier alpha value is -3.92. The van der Waals surface area contributed by atoms with E-state index >= 15 is 0 Å². The van der Waals surface area contributed by atoms with Gasteiger partial charge >= 0.3 is 20.1 Å². The molecule has 4 nitrogen and oxygen atoms in total. The van der Waals surface area contributed by atoms with Crippen molar-refractivity contribution in [2.24, 2.45) is 0 Å². The fourth-order valence-corrected chi connectivity index (χ4v) is 5.39. The van der Waals surface area contributed by atoms with Crippen LogP contribution in [0.15, 0.2) is 103 Å². The minimum Gasteiger partial charge on any atom is -0.490 e. The van der Waals surface area contributed by atoms with Gasteiger partial charge in [0.1, 0.15) is 0 Å². The van der Waals surface area contributed by atoms with E-state index in [2.05, 4.69) is 122 Å². The summed E-state index contributed by atoms with van der Waals surface area (Å²) in [6.45, 7) is 11.3. The summed E-state index contributed by atoms with van der Waals surface area (Å²) in [5.74, 6) is 0.987. The van der Waals surface area contributed by atoms with Gasteiger partial charge in [0.15, 0.2) is 0 Å². The molecule has 42 heavy (non-hydrogen) atoms. The summed E-state index contributed by atoms with van der Waals surface area (Å²) in [6.07, 6.45) is 1.79. The Balaban J connectivity index is 0.000000228. The molecule has 0 radical (unpaired) electrons. The van der Waals surface area contributed by atoms with Crippen LogP contribution < -0.4 is 14.7 Å². The Morgan fingerprint density at radius 3 is 2.05 bits per heavy atom. The molecule has 0 N–H and O–H groups in total. The van der Waals surface area contributed by atoms with Crippen molar-refractivity contribution < 1.29 is 20.1 Å². The fraction of sp³-hybridized carbons (Fsp3) is 0.189. The van der Waals surface area contributed by atoms with Gasteiger partial charge in [0.05, 0.1) is 11.4 Å². The van der Waals surface area contributed by atoms with E-state index in [9.17, 15) is 0 Å². The summed E-state index contributed by atoms with van der Waals surface area (Å²) < 4.78 is 0. The van der Waals surface area contributed by atoms with Crippen LogP contribution in [0, 0.1) is 18.8 Å². The Morgan fingerprint density at radius 2 is 1.38 bits per heavy atom. The van der Waals surface area contributed by atoms with Crippen molar-refractivity contribution >= 4 is 34.1 Å². The molecule has 0 spiro atoms. The predicted octanol–water partition coefficient (Wildman–Crippen LogP) is 9.77. The van der Waals surface area contributed by atoms with Crippen LogP contribution in [0.1, 0.15) is 50.7 Å². The molecule has 0 unspecified atom stereocenters. The summed E-state index contributed by atoms with van der Waals surface area (Å²) in [5.41, 5.74) is 11.9. The number of hydrogen-bond acceptors (Lipinski definition) is 4. The third kappa shape index (κ3) is 5.60. The van der Waals surface area contributed by atoms with Gasteiger partial charge in [-0.25, -0.2) is 0 Å². The molecule has 5 aromatic rings. The van der Waals surface area contributed by atoms with Gasteiger partial charge in [-0.1, -0.05) is 57.6 Å². The van der Waals surface area contributed by atoms with Crippen LogP contribution in [-0.4, -0.2) is 12.0 Å². The second-order valence-corrected chi connectivity index (χ2v) is 11.1. The second-order valence-electron chi connectivity index (χ2n) is 11.1. The van der Waals surface area contributed by atoms with Crippen LogP contribution in [0.3, 0.4) is 0 Å². The van der Waals surface area contributed by atoms with Crippen LogP contribution in [-0.2, 0) is 20.1 Å². The summed E-state index contributed by atoms with van der Waals surface area (Å²) in [7, 11) is 2.14. The van der Waals surface area contributed by atoms with E-state index in [0.717, 1.165) is 16.9 Å². The molecule has 2 aliphatic rings. The summed E-state index contributed by atoms with van der Waals surface area (Å²) in [6, 6.07) is 40.1. The number of rotatable bonds is 4. The van der Waals surface area contributed by atoms with Crippen molar-refractivity contribution in [3.8, 4) is 11.3 Å². The number of anilines is 6. The average Bonchev–Trinajstić information content (AvgIpc) is 3.41. The quantitative estimate of drug-likeness (QED) is 0.172. The molecule has 1 aromatic heterocycles. The van der Waals surface area contributed by atoms with Gasteiger partial charge in [-0.15, -0.1) is 48.6 Å². The second kappa shape index (κ2) is 12.5. The number of aromatic nitrogens is 1. The van der Waals surface area contributed by atoms with E-state index in [4.69, 9.17) is 0 Å². The molecule has 212 valence electrons. The molecule has 3 heterocycles. The topological polar surface area (TPSA) is 22.6 Å². The smallest absolute Gasteiger partial charge is 0.490 e. The zero-order valence-corrected chi connectivity index (χ0v) is 27.1. The first-order chi connectivity index (χ1) is 19.9. The third-order valence-electron chi connectivity index (χ3n) is 7.73. The minimum absolute atomic E-state index is 0. The van der Waals surface area contributed by atoms with Crippen molar-refractivity contribution in [1.82, 2.24) is 4.98 Å². The Bertz CT molecular complexity index is 1590. The molecule has 0 amide bonds. The number of para-hydroxylation sites is 2. The number of benzene rings is 4. The van der Waals surface area contributed by atoms with Crippen LogP contribution in [0.2, 0.25) is 0 Å². The van der Waals surface area contributed by atoms with Crippen molar-refractivity contribution in [3.05, 3.63) is 133 Å². The van der Waals surface area contributed by atoms with Crippen LogP contribution in [0.25, 0.3) is 11.3 Å². The third-order valence-corrected chi connectivity index (χ3v) is 7.73. The maximum Gasteiger partial charge on any atom is 3.00 e. The zero-order valence-electron chi connectivity index (χ0n) is 24.7. The largest absolute Gasteiger partial charge is 3.00 e. The molecule has 0 saturated carbocycles. The van der Waals surface area contributed by atoms with E-state index in [-0.39, 0.29) is 20.1 Å². The number of pyridine rings is 1. The molecule has 2 aliphatic heterocycles. The van der Waals surface area contributed by atoms with Crippen LogP contribution >= 0.6 is 0 Å². The van der Waals surface area contributed by atoms with Crippen molar-refractivity contribution in [2.45, 2.75) is 39.5 Å². The van der Waals surface area contributed by atoms with E-state index in [1.165, 1.54) is 39.6 Å². The van der Waals surface area contributed by atoms with Gasteiger partial charge < -0.3 is 19.7 Å². The van der Waals surface area contributed by atoms with Crippen molar-refractivity contribution in [2.75, 3.05) is 21.7 Å². The van der Waals surface area contributed by atoms with Crippen LogP contribution in [0.5, 0.6) is 0 Å². The van der Waals surface area contributed by atoms with E-state index in [0.29, 0.717) is 11.8 Å². The van der Waals surface area contributed by atoms with Gasteiger partial charge in [-0.2, -0.15) is 18.2 Å². The van der Waals surface area contributed by atoms with E-state index in [1.807, 2.05) is 48.5 Å². The first kappa shape index (κ1) is 29.6. The number of hydrogen-bond donors (Lipinski definition) is 0. The standard InChI is InChI=1S/C26H27N3.C11H8N.Ir/c1-17(2)19-13-20(18(3)4)15-21(14-19)28-16-29-23-10-7-6-9-22(23)27(5)24-11-8-12-25(28)26(24)29;1-2-6-10(7-3-1)11-8-4-5-9-12-11;/h6-9,11-18H,1-5H3;1-6,8-9H;/q-2;-1;+3. The maximum atomic E-state index is 4.22. The number of fused-ring (bicyclic) bond motifs is 2. The molecule has 5 heteroatoms.